The smallest absolute Gasteiger partial charge is 0.305 e. The maximum Gasteiger partial charge on any atom is 0.305 e. The highest BCUT2D eigenvalue weighted by Crippen LogP contribution is 2.24. The van der Waals surface area contributed by atoms with Crippen LogP contribution in [0.1, 0.15) is 28.2 Å². The summed E-state index contributed by atoms with van der Waals surface area (Å²) in [6.07, 6.45) is -0.355. The average Bonchev–Trinajstić information content (AvgIpc) is 3.18. The minimum Gasteiger partial charge on any atom is -0.481 e. The van der Waals surface area contributed by atoms with E-state index in [0.717, 1.165) is 4.90 Å². The monoisotopic (exact) mass is 506 g/mol. The Hall–Kier alpha value is -4.80. The lowest BCUT2D eigenvalue weighted by atomic mass is 10.1. The van der Waals surface area contributed by atoms with Gasteiger partial charge in [0.1, 0.15) is 23.3 Å². The van der Waals surface area contributed by atoms with Crippen molar-refractivity contribution >= 4 is 40.1 Å². The minimum atomic E-state index is -1.11. The number of carboxylic acids is 1. The SMILES string of the molecule is Cn1c(CNc2ccc(C(=N)N)cc2F)nc2cc(C(=O)N(CCC(=O)O)c3ccccc3F)ccc21. The summed E-state index contributed by atoms with van der Waals surface area (Å²) < 4.78 is 30.6. The number of halogens is 2. The van der Waals surface area contributed by atoms with E-state index >= 15 is 0 Å². The zero-order valence-electron chi connectivity index (χ0n) is 19.8. The van der Waals surface area contributed by atoms with Gasteiger partial charge in [0.15, 0.2) is 0 Å². The molecular formula is C26H24F2N6O3. The Morgan fingerprint density at radius 2 is 1.81 bits per heavy atom. The number of nitrogens with two attached hydrogens (primary N) is 1. The van der Waals surface area contributed by atoms with Crippen molar-refractivity contribution in [2.75, 3.05) is 16.8 Å². The van der Waals surface area contributed by atoms with E-state index in [0.29, 0.717) is 16.9 Å². The number of carboxylic acid groups (broad SMARTS) is 1. The van der Waals surface area contributed by atoms with Gasteiger partial charge in [-0.1, -0.05) is 12.1 Å². The van der Waals surface area contributed by atoms with Gasteiger partial charge in [0.25, 0.3) is 5.91 Å². The van der Waals surface area contributed by atoms with Crippen molar-refractivity contribution in [3.05, 3.63) is 89.2 Å². The summed E-state index contributed by atoms with van der Waals surface area (Å²) in [5.74, 6) is -2.55. The van der Waals surface area contributed by atoms with Crippen LogP contribution in [0.2, 0.25) is 0 Å². The van der Waals surface area contributed by atoms with E-state index in [-0.39, 0.29) is 47.8 Å². The van der Waals surface area contributed by atoms with Crippen molar-refractivity contribution in [1.82, 2.24) is 9.55 Å². The van der Waals surface area contributed by atoms with Gasteiger partial charge >= 0.3 is 5.97 Å². The number of amides is 1. The van der Waals surface area contributed by atoms with E-state index in [2.05, 4.69) is 10.3 Å². The van der Waals surface area contributed by atoms with Crippen LogP contribution in [0.25, 0.3) is 11.0 Å². The number of anilines is 2. The lowest BCUT2D eigenvalue weighted by Crippen LogP contribution is -2.33. The Balaban J connectivity index is 1.60. The highest BCUT2D eigenvalue weighted by molar-refractivity contribution is 6.08. The molecule has 0 saturated heterocycles. The molecule has 4 aromatic rings. The highest BCUT2D eigenvalue weighted by atomic mass is 19.1. The molecule has 1 amide bonds. The van der Waals surface area contributed by atoms with Gasteiger partial charge in [0.2, 0.25) is 0 Å². The van der Waals surface area contributed by atoms with Crippen LogP contribution in [0.4, 0.5) is 20.2 Å². The van der Waals surface area contributed by atoms with E-state index in [1.807, 2.05) is 0 Å². The molecule has 0 aliphatic rings. The number of carbonyl (C=O) groups is 2. The summed E-state index contributed by atoms with van der Waals surface area (Å²) in [7, 11) is 1.78. The molecule has 11 heteroatoms. The van der Waals surface area contributed by atoms with Crippen LogP contribution >= 0.6 is 0 Å². The standard InChI is InChI=1S/C26H24F2N6O3/c1-33-22-9-7-16(26(37)34(11-10-24(35)36)21-5-3-2-4-17(21)27)13-20(22)32-23(33)14-31-19-8-6-15(25(29)30)12-18(19)28/h2-9,12-13,31H,10-11,14H2,1H3,(H3,29,30)(H,35,36). The number of carbonyl (C=O) groups excluding carboxylic acids is 1. The largest absolute Gasteiger partial charge is 0.481 e. The second kappa shape index (κ2) is 10.4. The minimum absolute atomic E-state index is 0.0161. The Bertz CT molecular complexity index is 1520. The molecule has 0 saturated carbocycles. The molecule has 0 atom stereocenters. The molecule has 3 aromatic carbocycles. The third-order valence-electron chi connectivity index (χ3n) is 5.88. The summed E-state index contributed by atoms with van der Waals surface area (Å²) in [4.78, 5) is 30.1. The van der Waals surface area contributed by atoms with Crippen molar-refractivity contribution in [2.45, 2.75) is 13.0 Å². The zero-order valence-corrected chi connectivity index (χ0v) is 19.8. The molecule has 0 fully saturated rings. The number of hydrogen-bond donors (Lipinski definition) is 4. The van der Waals surface area contributed by atoms with E-state index in [9.17, 15) is 18.4 Å². The normalized spacial score (nSPS) is 10.9. The molecule has 1 aromatic heterocycles. The molecule has 190 valence electrons. The van der Waals surface area contributed by atoms with Crippen LogP contribution in [0, 0.1) is 17.0 Å². The fourth-order valence-corrected chi connectivity index (χ4v) is 3.91. The van der Waals surface area contributed by atoms with Crippen LogP contribution in [0.15, 0.2) is 60.7 Å². The summed E-state index contributed by atoms with van der Waals surface area (Å²) in [6.45, 7) is -0.0384. The molecule has 0 radical (unpaired) electrons. The van der Waals surface area contributed by atoms with E-state index in [1.165, 1.54) is 36.4 Å². The number of amidine groups is 1. The Kier molecular flexibility index (Phi) is 7.14. The molecule has 0 unspecified atom stereocenters. The first-order chi connectivity index (χ1) is 17.7. The molecule has 1 heterocycles. The number of nitrogens with zero attached hydrogens (tertiary/aromatic N) is 3. The van der Waals surface area contributed by atoms with Crippen molar-refractivity contribution in [3.8, 4) is 0 Å². The van der Waals surface area contributed by atoms with Gasteiger partial charge in [-0.2, -0.15) is 0 Å². The third-order valence-corrected chi connectivity index (χ3v) is 5.88. The van der Waals surface area contributed by atoms with Gasteiger partial charge in [-0.3, -0.25) is 15.0 Å². The second-order valence-corrected chi connectivity index (χ2v) is 8.30. The maximum atomic E-state index is 14.5. The Morgan fingerprint density at radius 3 is 2.49 bits per heavy atom. The van der Waals surface area contributed by atoms with Crippen LogP contribution in [0.5, 0.6) is 0 Å². The van der Waals surface area contributed by atoms with Gasteiger partial charge in [-0.05, 0) is 48.5 Å². The van der Waals surface area contributed by atoms with Gasteiger partial charge in [0, 0.05) is 24.7 Å². The van der Waals surface area contributed by atoms with Crippen molar-refractivity contribution in [2.24, 2.45) is 12.8 Å². The molecule has 5 N–H and O–H groups in total. The first-order valence-corrected chi connectivity index (χ1v) is 11.3. The fraction of sp³-hybridized carbons (Fsp3) is 0.154. The molecule has 37 heavy (non-hydrogen) atoms. The molecule has 0 spiro atoms. The molecule has 0 aliphatic carbocycles. The molecule has 4 rings (SSSR count). The fourth-order valence-electron chi connectivity index (χ4n) is 3.91. The van der Waals surface area contributed by atoms with Crippen molar-refractivity contribution < 1.29 is 23.5 Å². The average molecular weight is 507 g/mol. The number of rotatable bonds is 9. The Labute approximate surface area is 210 Å². The number of aryl methyl sites for hydroxylation is 1. The third kappa shape index (κ3) is 5.40. The lowest BCUT2D eigenvalue weighted by Gasteiger charge is -2.22. The topological polar surface area (TPSA) is 137 Å². The molecule has 9 nitrogen and oxygen atoms in total. The number of nitrogens with one attached hydrogen (secondary N) is 2. The maximum absolute atomic E-state index is 14.5. The number of aliphatic carboxylic acids is 1. The Morgan fingerprint density at radius 1 is 1.08 bits per heavy atom. The zero-order chi connectivity index (χ0) is 26.7. The number of fused-ring (bicyclic) bond motifs is 1. The predicted octanol–water partition coefficient (Wildman–Crippen LogP) is 3.87. The summed E-state index contributed by atoms with van der Waals surface area (Å²) in [6, 6.07) is 14.7. The number of imidazole rings is 1. The number of benzene rings is 3. The van der Waals surface area contributed by atoms with Gasteiger partial charge in [0.05, 0.1) is 35.4 Å². The second-order valence-electron chi connectivity index (χ2n) is 8.30. The number of nitrogen functional groups attached to an aromatic ring is 1. The predicted molar refractivity (Wildman–Crippen MR) is 136 cm³/mol. The number of aromatic nitrogens is 2. The number of hydrogen-bond acceptors (Lipinski definition) is 5. The van der Waals surface area contributed by atoms with E-state index < -0.39 is 23.5 Å². The van der Waals surface area contributed by atoms with Crippen molar-refractivity contribution in [1.29, 1.82) is 5.41 Å². The summed E-state index contributed by atoms with van der Waals surface area (Å²) in [5.41, 5.74) is 7.28. The van der Waals surface area contributed by atoms with E-state index in [4.69, 9.17) is 16.2 Å². The molecular weight excluding hydrogens is 482 g/mol. The van der Waals surface area contributed by atoms with Crippen LogP contribution in [-0.2, 0) is 18.4 Å². The quantitative estimate of drug-likeness (QED) is 0.201. The van der Waals surface area contributed by atoms with Gasteiger partial charge in [-0.15, -0.1) is 0 Å². The van der Waals surface area contributed by atoms with Crippen LogP contribution in [-0.4, -0.2) is 38.9 Å². The first kappa shape index (κ1) is 25.3. The van der Waals surface area contributed by atoms with Crippen LogP contribution < -0.4 is 16.0 Å². The highest BCUT2D eigenvalue weighted by Gasteiger charge is 2.22. The lowest BCUT2D eigenvalue weighted by molar-refractivity contribution is -0.136. The molecule has 0 bridgehead atoms. The van der Waals surface area contributed by atoms with Gasteiger partial charge in [-0.25, -0.2) is 13.8 Å². The first-order valence-electron chi connectivity index (χ1n) is 11.3. The number of para-hydroxylation sites is 1. The molecule has 0 aliphatic heterocycles. The van der Waals surface area contributed by atoms with E-state index in [1.54, 1.807) is 35.9 Å². The van der Waals surface area contributed by atoms with Gasteiger partial charge < -0.3 is 25.6 Å². The van der Waals surface area contributed by atoms with Crippen molar-refractivity contribution in [3.63, 3.8) is 0 Å². The van der Waals surface area contributed by atoms with Crippen LogP contribution in [0.3, 0.4) is 0 Å². The summed E-state index contributed by atoms with van der Waals surface area (Å²) >= 11 is 0. The summed E-state index contributed by atoms with van der Waals surface area (Å²) in [5, 5.41) is 19.5.